The van der Waals surface area contributed by atoms with Crippen molar-refractivity contribution in [2.45, 2.75) is 123 Å². The monoisotopic (exact) mass is 488 g/mol. The van der Waals surface area contributed by atoms with E-state index in [-0.39, 0.29) is 0 Å². The lowest BCUT2D eigenvalue weighted by Crippen LogP contribution is -2.13. The Morgan fingerprint density at radius 1 is 0.235 bits per heavy atom. The Hall–Kier alpha value is -0.200. The predicted octanol–water partition coefficient (Wildman–Crippen LogP) is 7.74. The second kappa shape index (κ2) is 32.8. The lowest BCUT2D eigenvalue weighted by molar-refractivity contribution is -0.0114. The Bertz CT molecular complexity index is 308. The summed E-state index contributed by atoms with van der Waals surface area (Å²) in [6.45, 7) is 11.3. The summed E-state index contributed by atoms with van der Waals surface area (Å²) in [5.74, 6) is 0. The van der Waals surface area contributed by atoms with Crippen molar-refractivity contribution in [1.29, 1.82) is 0 Å². The number of unbranched alkanes of at least 4 members (excludes halogenated alkanes) is 15. The molecular formula is C29H60O5. The van der Waals surface area contributed by atoms with Gasteiger partial charge in [-0.2, -0.15) is 0 Å². The van der Waals surface area contributed by atoms with Gasteiger partial charge in [0.15, 0.2) is 0 Å². The lowest BCUT2D eigenvalue weighted by Gasteiger charge is -2.08. The fourth-order valence-electron chi connectivity index (χ4n) is 3.83. The Kier molecular flexibility index (Phi) is 32.6. The molecule has 0 saturated carbocycles. The Labute approximate surface area is 213 Å². The third-order valence-corrected chi connectivity index (χ3v) is 6.02. The van der Waals surface area contributed by atoms with Crippen LogP contribution in [0.15, 0.2) is 0 Å². The molecule has 0 aliphatic rings. The van der Waals surface area contributed by atoms with Crippen molar-refractivity contribution in [3.05, 3.63) is 0 Å². The van der Waals surface area contributed by atoms with Gasteiger partial charge in [-0.1, -0.05) is 110 Å². The highest BCUT2D eigenvalue weighted by Crippen LogP contribution is 2.12. The first-order valence-electron chi connectivity index (χ1n) is 14.8. The van der Waals surface area contributed by atoms with Crippen LogP contribution >= 0.6 is 0 Å². The number of ether oxygens (including phenoxy) is 5. The van der Waals surface area contributed by atoms with Gasteiger partial charge in [-0.15, -0.1) is 0 Å². The topological polar surface area (TPSA) is 46.2 Å². The van der Waals surface area contributed by atoms with Crippen molar-refractivity contribution in [2.75, 3.05) is 66.1 Å². The highest BCUT2D eigenvalue weighted by molar-refractivity contribution is 4.49. The summed E-state index contributed by atoms with van der Waals surface area (Å²) in [4.78, 5) is 0. The molecule has 0 fully saturated rings. The first kappa shape index (κ1) is 33.8. The average molecular weight is 489 g/mol. The van der Waals surface area contributed by atoms with Crippen LogP contribution in [0.1, 0.15) is 123 Å². The molecule has 206 valence electrons. The van der Waals surface area contributed by atoms with Crippen molar-refractivity contribution in [2.24, 2.45) is 0 Å². The van der Waals surface area contributed by atoms with Crippen LogP contribution in [-0.2, 0) is 23.7 Å². The third-order valence-electron chi connectivity index (χ3n) is 6.02. The fraction of sp³-hybridized carbons (Fsp3) is 1.00. The average Bonchev–Trinajstić information content (AvgIpc) is 2.85. The molecule has 0 N–H and O–H groups in total. The minimum atomic E-state index is 0.606. The van der Waals surface area contributed by atoms with E-state index in [0.717, 1.165) is 19.6 Å². The van der Waals surface area contributed by atoms with E-state index in [4.69, 9.17) is 23.7 Å². The van der Waals surface area contributed by atoms with E-state index in [9.17, 15) is 0 Å². The van der Waals surface area contributed by atoms with Crippen LogP contribution in [0.3, 0.4) is 0 Å². The molecular weight excluding hydrogens is 428 g/mol. The summed E-state index contributed by atoms with van der Waals surface area (Å²) in [5, 5.41) is 0. The molecule has 0 unspecified atom stereocenters. The standard InChI is InChI=1S/C29H60O5/c1-3-5-7-8-9-10-11-12-13-14-15-16-17-19-21-31-23-25-33-27-29-34-28-26-32-24-22-30-20-18-6-4-2/h3-29H2,1-2H3. The maximum Gasteiger partial charge on any atom is 0.0701 e. The number of rotatable bonds is 31. The van der Waals surface area contributed by atoms with Gasteiger partial charge >= 0.3 is 0 Å². The van der Waals surface area contributed by atoms with Gasteiger partial charge in [-0.25, -0.2) is 0 Å². The third kappa shape index (κ3) is 31.8. The molecule has 0 spiro atoms. The van der Waals surface area contributed by atoms with E-state index in [1.165, 1.54) is 103 Å². The quantitative estimate of drug-likeness (QED) is 0.0934. The molecule has 0 aliphatic heterocycles. The van der Waals surface area contributed by atoms with Crippen molar-refractivity contribution < 1.29 is 23.7 Å². The highest BCUT2D eigenvalue weighted by Gasteiger charge is 1.96. The second-order valence-corrected chi connectivity index (χ2v) is 9.37. The van der Waals surface area contributed by atoms with Crippen molar-refractivity contribution in [3.8, 4) is 0 Å². The van der Waals surface area contributed by atoms with Gasteiger partial charge in [-0.3, -0.25) is 0 Å². The maximum atomic E-state index is 5.66. The summed E-state index contributed by atoms with van der Waals surface area (Å²) < 4.78 is 27.7. The lowest BCUT2D eigenvalue weighted by atomic mass is 10.0. The summed E-state index contributed by atoms with van der Waals surface area (Å²) in [7, 11) is 0. The van der Waals surface area contributed by atoms with Crippen molar-refractivity contribution >= 4 is 0 Å². The van der Waals surface area contributed by atoms with E-state index in [1.54, 1.807) is 0 Å². The fourth-order valence-corrected chi connectivity index (χ4v) is 3.83. The zero-order chi connectivity index (χ0) is 24.6. The van der Waals surface area contributed by atoms with E-state index in [0.29, 0.717) is 52.9 Å². The molecule has 0 heterocycles. The molecule has 0 atom stereocenters. The normalized spacial score (nSPS) is 11.5. The van der Waals surface area contributed by atoms with E-state index < -0.39 is 0 Å². The molecule has 0 aromatic rings. The predicted molar refractivity (Wildman–Crippen MR) is 144 cm³/mol. The molecule has 5 nitrogen and oxygen atoms in total. The Balaban J connectivity index is 2.99. The molecule has 0 rings (SSSR count). The van der Waals surface area contributed by atoms with Gasteiger partial charge in [0, 0.05) is 13.2 Å². The van der Waals surface area contributed by atoms with Gasteiger partial charge in [-0.05, 0) is 12.8 Å². The highest BCUT2D eigenvalue weighted by atomic mass is 16.6. The summed E-state index contributed by atoms with van der Waals surface area (Å²) >= 11 is 0. The van der Waals surface area contributed by atoms with Gasteiger partial charge in [0.1, 0.15) is 0 Å². The van der Waals surface area contributed by atoms with Gasteiger partial charge in [0.2, 0.25) is 0 Å². The first-order valence-corrected chi connectivity index (χ1v) is 14.8. The van der Waals surface area contributed by atoms with Gasteiger partial charge < -0.3 is 23.7 Å². The van der Waals surface area contributed by atoms with E-state index in [2.05, 4.69) is 13.8 Å². The summed E-state index contributed by atoms with van der Waals surface area (Å²) in [5.41, 5.74) is 0. The van der Waals surface area contributed by atoms with Crippen molar-refractivity contribution in [1.82, 2.24) is 0 Å². The second-order valence-electron chi connectivity index (χ2n) is 9.37. The molecule has 0 aliphatic carbocycles. The largest absolute Gasteiger partial charge is 0.379 e. The smallest absolute Gasteiger partial charge is 0.0701 e. The Morgan fingerprint density at radius 2 is 0.441 bits per heavy atom. The maximum absolute atomic E-state index is 5.66. The van der Waals surface area contributed by atoms with Crippen LogP contribution < -0.4 is 0 Å². The molecule has 0 aromatic carbocycles. The summed E-state index contributed by atoms with van der Waals surface area (Å²) in [6.07, 6.45) is 23.1. The van der Waals surface area contributed by atoms with E-state index in [1.807, 2.05) is 0 Å². The molecule has 5 heteroatoms. The molecule has 0 aromatic heterocycles. The molecule has 34 heavy (non-hydrogen) atoms. The molecule has 0 saturated heterocycles. The van der Waals surface area contributed by atoms with Crippen LogP contribution in [0.5, 0.6) is 0 Å². The molecule has 0 radical (unpaired) electrons. The minimum Gasteiger partial charge on any atom is -0.379 e. The van der Waals surface area contributed by atoms with Gasteiger partial charge in [0.05, 0.1) is 52.9 Å². The Morgan fingerprint density at radius 3 is 0.765 bits per heavy atom. The minimum absolute atomic E-state index is 0.606. The zero-order valence-corrected chi connectivity index (χ0v) is 23.1. The molecule has 0 amide bonds. The molecule has 0 bridgehead atoms. The van der Waals surface area contributed by atoms with Crippen LogP contribution in [0.25, 0.3) is 0 Å². The number of hydrogen-bond acceptors (Lipinski definition) is 5. The first-order chi connectivity index (χ1) is 16.9. The van der Waals surface area contributed by atoms with Crippen LogP contribution in [0, 0.1) is 0 Å². The summed E-state index contributed by atoms with van der Waals surface area (Å²) in [6, 6.07) is 0. The van der Waals surface area contributed by atoms with E-state index >= 15 is 0 Å². The van der Waals surface area contributed by atoms with Gasteiger partial charge in [0.25, 0.3) is 0 Å². The van der Waals surface area contributed by atoms with Crippen LogP contribution in [-0.4, -0.2) is 66.1 Å². The SMILES string of the molecule is CCCCCCCCCCCCCCCCOCCOCCOCCOCCOCCCCC. The van der Waals surface area contributed by atoms with Crippen molar-refractivity contribution in [3.63, 3.8) is 0 Å². The number of hydrogen-bond donors (Lipinski definition) is 0. The zero-order valence-electron chi connectivity index (χ0n) is 23.1. The van der Waals surface area contributed by atoms with Crippen LogP contribution in [0.2, 0.25) is 0 Å². The van der Waals surface area contributed by atoms with Crippen LogP contribution in [0.4, 0.5) is 0 Å².